The van der Waals surface area contributed by atoms with Crippen molar-refractivity contribution in [2.75, 3.05) is 0 Å². The maximum atomic E-state index is 16.1. The van der Waals surface area contributed by atoms with Crippen molar-refractivity contribution in [3.05, 3.63) is 0 Å². The lowest BCUT2D eigenvalue weighted by molar-refractivity contribution is -0.565. The van der Waals surface area contributed by atoms with E-state index in [4.69, 9.17) is 0 Å². The predicted octanol–water partition coefficient (Wildman–Crippen LogP) is 6.55. The molecular weight excluding hydrogens is 506 g/mol. The van der Waals surface area contributed by atoms with Crippen LogP contribution in [-0.2, 0) is 14.3 Å². The Morgan fingerprint density at radius 2 is 1.40 bits per heavy atom. The Morgan fingerprint density at radius 3 is 1.77 bits per heavy atom. The van der Waals surface area contributed by atoms with E-state index in [1.807, 2.05) is 0 Å². The Labute approximate surface area is 195 Å². The van der Waals surface area contributed by atoms with Gasteiger partial charge in [0.15, 0.2) is 0 Å². The first kappa shape index (κ1) is 29.9. The van der Waals surface area contributed by atoms with Gasteiger partial charge in [0.05, 0.1) is 5.41 Å². The van der Waals surface area contributed by atoms with Crippen molar-refractivity contribution < 1.29 is 63.3 Å². The summed E-state index contributed by atoms with van der Waals surface area (Å²) in [4.78, 5) is 12.6. The lowest BCUT2D eigenvalue weighted by Gasteiger charge is -2.62. The Hall–Kier alpha value is -1.31. The monoisotopic (exact) mass is 534 g/mol. The molecular formula is C21H28F10O4. The van der Waals surface area contributed by atoms with Crippen LogP contribution < -0.4 is 0 Å². The minimum Gasteiger partial charge on any atom is -0.445 e. The van der Waals surface area contributed by atoms with Gasteiger partial charge in [-0.2, -0.15) is 43.9 Å². The Kier molecular flexibility index (Phi) is 7.37. The van der Waals surface area contributed by atoms with Crippen LogP contribution in [0.4, 0.5) is 43.9 Å². The van der Waals surface area contributed by atoms with Gasteiger partial charge < -0.3 is 14.6 Å². The van der Waals surface area contributed by atoms with Gasteiger partial charge in [0.25, 0.3) is 0 Å². The molecule has 0 bridgehead atoms. The Morgan fingerprint density at radius 1 is 0.914 bits per heavy atom. The third kappa shape index (κ3) is 3.83. The molecule has 1 N–H and O–H groups in total. The summed E-state index contributed by atoms with van der Waals surface area (Å²) in [6.45, 7) is 3.79. The Balaban J connectivity index is 3.03. The summed E-state index contributed by atoms with van der Waals surface area (Å²) in [7, 11) is 0. The third-order valence-electron chi connectivity index (χ3n) is 7.40. The quantitative estimate of drug-likeness (QED) is 0.321. The van der Waals surface area contributed by atoms with Crippen molar-refractivity contribution >= 4 is 5.97 Å². The molecule has 0 aromatic rings. The summed E-state index contributed by atoms with van der Waals surface area (Å²) in [6.07, 6.45) is -16.7. The topological polar surface area (TPSA) is 55.8 Å². The summed E-state index contributed by atoms with van der Waals surface area (Å²) in [6, 6.07) is 0. The highest BCUT2D eigenvalue weighted by atomic mass is 19.4. The fraction of sp³-hybridized carbons (Fsp3) is 0.952. The fourth-order valence-corrected chi connectivity index (χ4v) is 4.77. The summed E-state index contributed by atoms with van der Waals surface area (Å²) < 4.78 is 156. The molecule has 1 heterocycles. The molecule has 0 radical (unpaired) electrons. The van der Waals surface area contributed by atoms with Crippen molar-refractivity contribution in [1.82, 2.24) is 0 Å². The van der Waals surface area contributed by atoms with Gasteiger partial charge in [-0.1, -0.05) is 33.1 Å². The number of carbonyl (C=O) groups is 1. The van der Waals surface area contributed by atoms with E-state index in [2.05, 4.69) is 9.47 Å². The molecule has 2 fully saturated rings. The SMILES string of the molecule is CCC(C)(C)C(=O)OC1(CC)C(F)(F)C(O)(C(F)(F)F)OC(C2CCCCC2)(C(F)(F)F)C1(F)F. The van der Waals surface area contributed by atoms with Crippen LogP contribution in [-0.4, -0.2) is 52.3 Å². The van der Waals surface area contributed by atoms with E-state index in [0.29, 0.717) is 6.92 Å². The van der Waals surface area contributed by atoms with Crippen LogP contribution in [0, 0.1) is 11.3 Å². The lowest BCUT2D eigenvalue weighted by Crippen LogP contribution is -2.89. The lowest BCUT2D eigenvalue weighted by atomic mass is 9.62. The molecule has 3 atom stereocenters. The summed E-state index contributed by atoms with van der Waals surface area (Å²) in [5.41, 5.74) is -12.1. The number of aliphatic hydroxyl groups is 1. The molecule has 1 saturated carbocycles. The van der Waals surface area contributed by atoms with E-state index in [1.165, 1.54) is 6.92 Å². The van der Waals surface area contributed by atoms with E-state index in [0.717, 1.165) is 13.8 Å². The van der Waals surface area contributed by atoms with Crippen LogP contribution in [0.3, 0.4) is 0 Å². The van der Waals surface area contributed by atoms with Crippen molar-refractivity contribution in [3.8, 4) is 0 Å². The molecule has 2 aliphatic rings. The minimum absolute atomic E-state index is 0.134. The van der Waals surface area contributed by atoms with Gasteiger partial charge in [-0.15, -0.1) is 0 Å². The molecule has 14 heteroatoms. The highest BCUT2D eigenvalue weighted by Crippen LogP contribution is 2.70. The summed E-state index contributed by atoms with van der Waals surface area (Å²) in [5, 5.41) is 10.1. The molecule has 1 aliphatic heterocycles. The van der Waals surface area contributed by atoms with Crippen molar-refractivity contribution in [2.45, 2.75) is 114 Å². The predicted molar refractivity (Wildman–Crippen MR) is 101 cm³/mol. The zero-order valence-corrected chi connectivity index (χ0v) is 19.5. The van der Waals surface area contributed by atoms with Crippen LogP contribution >= 0.6 is 0 Å². The number of rotatable bonds is 5. The molecule has 1 saturated heterocycles. The molecule has 0 spiro atoms. The second-order valence-corrected chi connectivity index (χ2v) is 9.77. The second-order valence-electron chi connectivity index (χ2n) is 9.77. The molecule has 0 amide bonds. The minimum atomic E-state index is -6.69. The van der Waals surface area contributed by atoms with Crippen LogP contribution in [0.5, 0.6) is 0 Å². The zero-order valence-electron chi connectivity index (χ0n) is 19.5. The smallest absolute Gasteiger partial charge is 0.445 e. The first-order valence-electron chi connectivity index (χ1n) is 11.1. The number of halogens is 10. The molecule has 206 valence electrons. The number of hydrogen-bond acceptors (Lipinski definition) is 4. The fourth-order valence-electron chi connectivity index (χ4n) is 4.77. The van der Waals surface area contributed by atoms with E-state index < -0.39 is 77.8 Å². The van der Waals surface area contributed by atoms with E-state index in [-0.39, 0.29) is 25.7 Å². The molecule has 0 aromatic carbocycles. The molecule has 2 rings (SSSR count). The number of hydrogen-bond donors (Lipinski definition) is 1. The Bertz CT molecular complexity index is 803. The highest BCUT2D eigenvalue weighted by molar-refractivity contribution is 5.76. The highest BCUT2D eigenvalue weighted by Gasteiger charge is 2.97. The van der Waals surface area contributed by atoms with Gasteiger partial charge in [-0.25, -0.2) is 0 Å². The van der Waals surface area contributed by atoms with E-state index in [9.17, 15) is 36.2 Å². The van der Waals surface area contributed by atoms with Crippen LogP contribution in [0.2, 0.25) is 0 Å². The van der Waals surface area contributed by atoms with E-state index in [1.54, 1.807) is 0 Å². The number of esters is 1. The number of alkyl halides is 10. The maximum absolute atomic E-state index is 16.1. The first-order valence-corrected chi connectivity index (χ1v) is 11.1. The normalized spacial score (nSPS) is 34.5. The molecule has 1 aliphatic carbocycles. The molecule has 0 aromatic heterocycles. The molecule has 4 nitrogen and oxygen atoms in total. The zero-order chi connectivity index (χ0) is 27.5. The average molecular weight is 534 g/mol. The standard InChI is InChI=1S/C21H28F10O4/c1-5-14(3,4)13(32)34-15(6-2)17(22,23)16(20(26,27)28,12-10-8-7-9-11-12)35-19(33,18(15,24)25)21(29,30)31/h12,33H,5-11H2,1-4H3. The van der Waals surface area contributed by atoms with Gasteiger partial charge in [0.1, 0.15) is 0 Å². The largest absolute Gasteiger partial charge is 0.449 e. The first-order chi connectivity index (χ1) is 15.6. The van der Waals surface area contributed by atoms with Gasteiger partial charge in [0, 0.05) is 5.92 Å². The van der Waals surface area contributed by atoms with Gasteiger partial charge in [0.2, 0.25) is 11.2 Å². The molecule has 35 heavy (non-hydrogen) atoms. The average Bonchev–Trinajstić information content (AvgIpc) is 2.72. The van der Waals surface area contributed by atoms with Crippen LogP contribution in [0.1, 0.15) is 72.6 Å². The van der Waals surface area contributed by atoms with Gasteiger partial charge >= 0.3 is 36.0 Å². The molecule has 3 unspecified atom stereocenters. The van der Waals surface area contributed by atoms with Crippen molar-refractivity contribution in [1.29, 1.82) is 0 Å². The van der Waals surface area contributed by atoms with Crippen molar-refractivity contribution in [3.63, 3.8) is 0 Å². The third-order valence-corrected chi connectivity index (χ3v) is 7.40. The van der Waals surface area contributed by atoms with Crippen LogP contribution in [0.25, 0.3) is 0 Å². The van der Waals surface area contributed by atoms with E-state index >= 15 is 17.6 Å². The van der Waals surface area contributed by atoms with Gasteiger partial charge in [-0.05, 0) is 39.5 Å². The van der Waals surface area contributed by atoms with Crippen molar-refractivity contribution in [2.24, 2.45) is 11.3 Å². The number of ether oxygens (including phenoxy) is 2. The summed E-state index contributed by atoms with van der Waals surface area (Å²) in [5.74, 6) is -22.6. The second kappa shape index (κ2) is 8.63. The summed E-state index contributed by atoms with van der Waals surface area (Å²) >= 11 is 0. The maximum Gasteiger partial charge on any atom is 0.449 e. The van der Waals surface area contributed by atoms with Gasteiger partial charge in [-0.3, -0.25) is 4.79 Å². The van der Waals surface area contributed by atoms with Crippen LogP contribution in [0.15, 0.2) is 0 Å². The number of carbonyl (C=O) groups excluding carboxylic acids is 1.